The van der Waals surface area contributed by atoms with Gasteiger partial charge in [-0.3, -0.25) is 4.90 Å². The van der Waals surface area contributed by atoms with Crippen LogP contribution in [0.3, 0.4) is 0 Å². The van der Waals surface area contributed by atoms with Gasteiger partial charge in [-0.2, -0.15) is 0 Å². The fraction of sp³-hybridized carbons (Fsp3) is 0.263. The summed E-state index contributed by atoms with van der Waals surface area (Å²) in [4.78, 5) is 3.99. The van der Waals surface area contributed by atoms with Crippen LogP contribution in [0.15, 0.2) is 47.8 Å². The predicted molar refractivity (Wildman–Crippen MR) is 92.5 cm³/mol. The maximum atomic E-state index is 10.4. The fourth-order valence-corrected chi connectivity index (χ4v) is 4.43. The van der Waals surface area contributed by atoms with Crippen molar-refractivity contribution in [1.82, 2.24) is 4.90 Å². The second-order valence-electron chi connectivity index (χ2n) is 5.98. The number of phenolic OH excluding ortho intramolecular Hbond substituents is 1. The third kappa shape index (κ3) is 2.21. The summed E-state index contributed by atoms with van der Waals surface area (Å²) in [5.41, 5.74) is 2.50. The SMILES string of the molecule is CC1c2ccsc2CCN1Cc1c(O)ccc2ccccc12. The van der Waals surface area contributed by atoms with E-state index in [0.717, 1.165) is 30.5 Å². The third-order valence-corrected chi connectivity index (χ3v) is 5.78. The Bertz CT molecular complexity index is 823. The Morgan fingerprint density at radius 1 is 1.18 bits per heavy atom. The Balaban J connectivity index is 1.71. The number of thiophene rings is 1. The second kappa shape index (κ2) is 5.41. The minimum atomic E-state index is 0.405. The number of benzene rings is 2. The topological polar surface area (TPSA) is 23.5 Å². The Morgan fingerprint density at radius 2 is 2.05 bits per heavy atom. The van der Waals surface area contributed by atoms with E-state index in [2.05, 4.69) is 35.4 Å². The highest BCUT2D eigenvalue weighted by molar-refractivity contribution is 7.10. The van der Waals surface area contributed by atoms with Crippen LogP contribution in [-0.4, -0.2) is 16.6 Å². The molecule has 4 rings (SSSR count). The fourth-order valence-electron chi connectivity index (χ4n) is 3.47. The molecule has 3 heteroatoms. The minimum Gasteiger partial charge on any atom is -0.508 e. The molecule has 2 heterocycles. The van der Waals surface area contributed by atoms with Gasteiger partial charge in [0.2, 0.25) is 0 Å². The molecule has 3 aromatic rings. The van der Waals surface area contributed by atoms with Gasteiger partial charge in [-0.1, -0.05) is 30.3 Å². The maximum absolute atomic E-state index is 10.4. The van der Waals surface area contributed by atoms with Crippen molar-refractivity contribution in [1.29, 1.82) is 0 Å². The van der Waals surface area contributed by atoms with Gasteiger partial charge in [0.15, 0.2) is 0 Å². The lowest BCUT2D eigenvalue weighted by atomic mass is 9.98. The highest BCUT2D eigenvalue weighted by atomic mass is 32.1. The molecule has 1 aliphatic heterocycles. The number of nitrogens with zero attached hydrogens (tertiary/aromatic N) is 1. The van der Waals surface area contributed by atoms with Gasteiger partial charge in [-0.15, -0.1) is 11.3 Å². The molecule has 1 N–H and O–H groups in total. The summed E-state index contributed by atoms with van der Waals surface area (Å²) in [5.74, 6) is 0.405. The van der Waals surface area contributed by atoms with E-state index in [1.165, 1.54) is 15.8 Å². The molecule has 1 aliphatic rings. The van der Waals surface area contributed by atoms with E-state index in [0.29, 0.717) is 11.8 Å². The zero-order valence-electron chi connectivity index (χ0n) is 12.6. The van der Waals surface area contributed by atoms with Crippen LogP contribution in [0.4, 0.5) is 0 Å². The van der Waals surface area contributed by atoms with Crippen molar-refractivity contribution in [2.75, 3.05) is 6.54 Å². The van der Waals surface area contributed by atoms with E-state index in [4.69, 9.17) is 0 Å². The molecule has 1 atom stereocenters. The molecule has 1 unspecified atom stereocenters. The molecule has 0 amide bonds. The van der Waals surface area contributed by atoms with E-state index < -0.39 is 0 Å². The summed E-state index contributed by atoms with van der Waals surface area (Å²) in [5, 5.41) is 14.9. The predicted octanol–water partition coefficient (Wildman–Crippen LogP) is 4.73. The summed E-state index contributed by atoms with van der Waals surface area (Å²) in [6.07, 6.45) is 1.11. The Hall–Kier alpha value is -1.84. The molecular formula is C19H19NOS. The van der Waals surface area contributed by atoms with E-state index in [1.54, 1.807) is 0 Å². The first kappa shape index (κ1) is 13.8. The van der Waals surface area contributed by atoms with Gasteiger partial charge in [-0.25, -0.2) is 0 Å². The van der Waals surface area contributed by atoms with Gasteiger partial charge in [-0.05, 0) is 47.2 Å². The summed E-state index contributed by atoms with van der Waals surface area (Å²) < 4.78 is 0. The zero-order valence-corrected chi connectivity index (χ0v) is 13.4. The molecule has 2 nitrogen and oxygen atoms in total. The summed E-state index contributed by atoms with van der Waals surface area (Å²) in [7, 11) is 0. The number of hydrogen-bond acceptors (Lipinski definition) is 3. The van der Waals surface area contributed by atoms with E-state index >= 15 is 0 Å². The van der Waals surface area contributed by atoms with Crippen LogP contribution in [0, 0.1) is 0 Å². The smallest absolute Gasteiger partial charge is 0.120 e. The third-order valence-electron chi connectivity index (χ3n) is 4.78. The van der Waals surface area contributed by atoms with Crippen LogP contribution in [0.1, 0.15) is 29.0 Å². The van der Waals surface area contributed by atoms with Gasteiger partial charge in [0.05, 0.1) is 0 Å². The molecule has 22 heavy (non-hydrogen) atoms. The van der Waals surface area contributed by atoms with Crippen LogP contribution in [-0.2, 0) is 13.0 Å². The van der Waals surface area contributed by atoms with Crippen LogP contribution >= 0.6 is 11.3 Å². The number of phenols is 1. The summed E-state index contributed by atoms with van der Waals surface area (Å²) in [6.45, 7) is 4.12. The minimum absolute atomic E-state index is 0.405. The molecule has 1 aromatic heterocycles. The van der Waals surface area contributed by atoms with Crippen LogP contribution in [0.5, 0.6) is 5.75 Å². The molecule has 112 valence electrons. The second-order valence-corrected chi connectivity index (χ2v) is 6.98. The molecule has 0 saturated heterocycles. The van der Waals surface area contributed by atoms with Crippen LogP contribution in [0.2, 0.25) is 0 Å². The van der Waals surface area contributed by atoms with Crippen molar-refractivity contribution >= 4 is 22.1 Å². The number of hydrogen-bond donors (Lipinski definition) is 1. The average molecular weight is 309 g/mol. The largest absolute Gasteiger partial charge is 0.508 e. The summed E-state index contributed by atoms with van der Waals surface area (Å²) >= 11 is 1.87. The van der Waals surface area contributed by atoms with Crippen molar-refractivity contribution in [2.45, 2.75) is 25.9 Å². The standard InChI is InChI=1S/C19H19NOS/c1-13-15-9-11-22-19(15)8-10-20(13)12-17-16-5-3-2-4-14(16)6-7-18(17)21/h2-7,9,11,13,21H,8,10,12H2,1H3. The lowest BCUT2D eigenvalue weighted by Gasteiger charge is -2.34. The molecule has 0 aliphatic carbocycles. The molecule has 0 saturated carbocycles. The quantitative estimate of drug-likeness (QED) is 0.740. The highest BCUT2D eigenvalue weighted by Gasteiger charge is 2.25. The highest BCUT2D eigenvalue weighted by Crippen LogP contribution is 2.36. The van der Waals surface area contributed by atoms with Crippen molar-refractivity contribution in [2.24, 2.45) is 0 Å². The van der Waals surface area contributed by atoms with Crippen molar-refractivity contribution in [3.05, 3.63) is 63.8 Å². The van der Waals surface area contributed by atoms with Crippen molar-refractivity contribution in [3.63, 3.8) is 0 Å². The monoisotopic (exact) mass is 309 g/mol. The molecule has 0 spiro atoms. The van der Waals surface area contributed by atoms with E-state index in [9.17, 15) is 5.11 Å². The van der Waals surface area contributed by atoms with Crippen molar-refractivity contribution < 1.29 is 5.11 Å². The van der Waals surface area contributed by atoms with Gasteiger partial charge in [0.1, 0.15) is 5.75 Å². The van der Waals surface area contributed by atoms with Gasteiger partial charge >= 0.3 is 0 Å². The number of aromatic hydroxyl groups is 1. The first-order valence-electron chi connectivity index (χ1n) is 7.74. The Kier molecular flexibility index (Phi) is 3.40. The first-order valence-corrected chi connectivity index (χ1v) is 8.62. The normalized spacial score (nSPS) is 18.5. The van der Waals surface area contributed by atoms with E-state index in [-0.39, 0.29) is 0 Å². The van der Waals surface area contributed by atoms with Gasteiger partial charge in [0.25, 0.3) is 0 Å². The maximum Gasteiger partial charge on any atom is 0.120 e. The Morgan fingerprint density at radius 3 is 2.95 bits per heavy atom. The van der Waals surface area contributed by atoms with E-state index in [1.807, 2.05) is 35.6 Å². The number of rotatable bonds is 2. The van der Waals surface area contributed by atoms with Crippen molar-refractivity contribution in [3.8, 4) is 5.75 Å². The molecule has 0 radical (unpaired) electrons. The zero-order chi connectivity index (χ0) is 15.1. The molecule has 2 aromatic carbocycles. The number of fused-ring (bicyclic) bond motifs is 2. The summed E-state index contributed by atoms with van der Waals surface area (Å²) in [6, 6.07) is 14.8. The van der Waals surface area contributed by atoms with Crippen LogP contribution in [0.25, 0.3) is 10.8 Å². The lowest BCUT2D eigenvalue weighted by Crippen LogP contribution is -2.32. The van der Waals surface area contributed by atoms with Gasteiger partial charge in [0, 0.05) is 29.6 Å². The molecule has 0 fully saturated rings. The average Bonchev–Trinajstić information content (AvgIpc) is 3.02. The van der Waals surface area contributed by atoms with Crippen LogP contribution < -0.4 is 0 Å². The van der Waals surface area contributed by atoms with Gasteiger partial charge < -0.3 is 5.11 Å². The Labute approximate surface area is 134 Å². The molecular weight excluding hydrogens is 290 g/mol. The first-order chi connectivity index (χ1) is 10.7. The lowest BCUT2D eigenvalue weighted by molar-refractivity contribution is 0.190. The molecule has 0 bridgehead atoms.